The predicted octanol–water partition coefficient (Wildman–Crippen LogP) is 2.66. The summed E-state index contributed by atoms with van der Waals surface area (Å²) in [5.41, 5.74) is 0. The van der Waals surface area contributed by atoms with Gasteiger partial charge in [-0.1, -0.05) is 19.8 Å². The van der Waals surface area contributed by atoms with E-state index in [0.717, 1.165) is 24.6 Å². The first-order chi connectivity index (χ1) is 9.35. The monoisotopic (exact) mass is 268 g/mol. The maximum Gasteiger partial charge on any atom is 0.0491 e. The lowest BCUT2D eigenvalue weighted by molar-refractivity contribution is 0.0554. The molecule has 2 aliphatic rings. The molecule has 2 rings (SSSR count). The molecule has 0 aromatic heterocycles. The fourth-order valence-electron chi connectivity index (χ4n) is 3.80. The predicted molar refractivity (Wildman–Crippen MR) is 80.5 cm³/mol. The summed E-state index contributed by atoms with van der Waals surface area (Å²) >= 11 is 0. The summed E-state index contributed by atoms with van der Waals surface area (Å²) in [5.74, 6) is 0.798. The van der Waals surface area contributed by atoms with Crippen molar-refractivity contribution in [2.75, 3.05) is 33.4 Å². The summed E-state index contributed by atoms with van der Waals surface area (Å²) in [6, 6.07) is 1.54. The Bertz CT molecular complexity index is 239. The summed E-state index contributed by atoms with van der Waals surface area (Å²) in [7, 11) is 1.83. The molecule has 0 radical (unpaired) electrons. The van der Waals surface area contributed by atoms with E-state index >= 15 is 0 Å². The van der Waals surface area contributed by atoms with E-state index in [1.54, 1.807) is 0 Å². The highest BCUT2D eigenvalue weighted by Crippen LogP contribution is 2.27. The molecule has 0 amide bonds. The smallest absolute Gasteiger partial charge is 0.0491 e. The van der Waals surface area contributed by atoms with Gasteiger partial charge in [0.25, 0.3) is 0 Å². The van der Waals surface area contributed by atoms with Gasteiger partial charge >= 0.3 is 0 Å². The molecule has 1 aliphatic carbocycles. The third kappa shape index (κ3) is 4.44. The lowest BCUT2D eigenvalue weighted by Gasteiger charge is -2.43. The number of nitrogens with zero attached hydrogens (tertiary/aromatic N) is 1. The maximum atomic E-state index is 5.31. The molecule has 1 heterocycles. The molecular formula is C16H32N2O. The summed E-state index contributed by atoms with van der Waals surface area (Å²) in [6.07, 6.45) is 9.51. The van der Waals surface area contributed by atoms with Crippen LogP contribution in [0.4, 0.5) is 0 Å². The Kier molecular flexibility index (Phi) is 6.62. The molecule has 1 saturated heterocycles. The number of methoxy groups -OCH3 is 1. The first-order valence-corrected chi connectivity index (χ1v) is 8.31. The number of likely N-dealkylation sites (tertiary alicyclic amines) is 1. The van der Waals surface area contributed by atoms with Gasteiger partial charge in [-0.2, -0.15) is 0 Å². The Morgan fingerprint density at radius 2 is 1.84 bits per heavy atom. The molecule has 112 valence electrons. The summed E-state index contributed by atoms with van der Waals surface area (Å²) < 4.78 is 5.31. The van der Waals surface area contributed by atoms with Gasteiger partial charge in [0.2, 0.25) is 0 Å². The maximum absolute atomic E-state index is 5.31. The number of piperidine rings is 1. The lowest BCUT2D eigenvalue weighted by Crippen LogP contribution is -2.54. The van der Waals surface area contributed by atoms with E-state index in [1.165, 1.54) is 64.6 Å². The van der Waals surface area contributed by atoms with Crippen molar-refractivity contribution in [3.63, 3.8) is 0 Å². The van der Waals surface area contributed by atoms with Crippen molar-refractivity contribution in [3.8, 4) is 0 Å². The van der Waals surface area contributed by atoms with Crippen LogP contribution in [-0.4, -0.2) is 50.3 Å². The fraction of sp³-hybridized carbons (Fsp3) is 1.00. The first kappa shape index (κ1) is 15.3. The zero-order valence-corrected chi connectivity index (χ0v) is 12.9. The van der Waals surface area contributed by atoms with Gasteiger partial charge in [0.15, 0.2) is 0 Å². The molecule has 3 nitrogen and oxygen atoms in total. The van der Waals surface area contributed by atoms with E-state index in [2.05, 4.69) is 17.1 Å². The van der Waals surface area contributed by atoms with Crippen molar-refractivity contribution in [1.29, 1.82) is 0 Å². The fourth-order valence-corrected chi connectivity index (χ4v) is 3.80. The molecule has 1 N–H and O–H groups in total. The van der Waals surface area contributed by atoms with Gasteiger partial charge in [-0.3, -0.25) is 4.90 Å². The Labute approximate surface area is 119 Å². The number of hydrogen-bond donors (Lipinski definition) is 1. The Morgan fingerprint density at radius 3 is 2.53 bits per heavy atom. The average Bonchev–Trinajstić information content (AvgIpc) is 2.47. The van der Waals surface area contributed by atoms with Gasteiger partial charge in [0, 0.05) is 25.8 Å². The number of ether oxygens (including phenoxy) is 1. The molecule has 3 heteroatoms. The van der Waals surface area contributed by atoms with E-state index in [0.29, 0.717) is 0 Å². The molecule has 0 spiro atoms. The SMILES string of the molecule is CCCNC1CCCCC1N1CCC(COC)CC1. The van der Waals surface area contributed by atoms with E-state index in [-0.39, 0.29) is 0 Å². The van der Waals surface area contributed by atoms with Crippen LogP contribution in [-0.2, 0) is 4.74 Å². The van der Waals surface area contributed by atoms with Gasteiger partial charge < -0.3 is 10.1 Å². The average molecular weight is 268 g/mol. The molecule has 1 aliphatic heterocycles. The second-order valence-corrected chi connectivity index (χ2v) is 6.35. The van der Waals surface area contributed by atoms with Crippen molar-refractivity contribution in [1.82, 2.24) is 10.2 Å². The zero-order chi connectivity index (χ0) is 13.5. The molecule has 2 fully saturated rings. The number of rotatable bonds is 6. The Hall–Kier alpha value is -0.120. The van der Waals surface area contributed by atoms with Gasteiger partial charge in [0.1, 0.15) is 0 Å². The minimum absolute atomic E-state index is 0.743. The zero-order valence-electron chi connectivity index (χ0n) is 12.9. The highest BCUT2D eigenvalue weighted by molar-refractivity contribution is 4.90. The summed E-state index contributed by atoms with van der Waals surface area (Å²) in [5, 5.41) is 3.79. The third-order valence-electron chi connectivity index (χ3n) is 4.91. The minimum Gasteiger partial charge on any atom is -0.384 e. The van der Waals surface area contributed by atoms with Gasteiger partial charge in [-0.05, 0) is 57.7 Å². The van der Waals surface area contributed by atoms with E-state index in [9.17, 15) is 0 Å². The Morgan fingerprint density at radius 1 is 1.11 bits per heavy atom. The van der Waals surface area contributed by atoms with Crippen LogP contribution in [0.25, 0.3) is 0 Å². The molecule has 0 aromatic carbocycles. The number of nitrogens with one attached hydrogen (secondary N) is 1. The third-order valence-corrected chi connectivity index (χ3v) is 4.91. The minimum atomic E-state index is 0.743. The molecule has 2 atom stereocenters. The van der Waals surface area contributed by atoms with Crippen LogP contribution >= 0.6 is 0 Å². The highest BCUT2D eigenvalue weighted by atomic mass is 16.5. The number of hydrogen-bond acceptors (Lipinski definition) is 3. The van der Waals surface area contributed by atoms with Crippen molar-refractivity contribution < 1.29 is 4.74 Å². The summed E-state index contributed by atoms with van der Waals surface area (Å²) in [4.78, 5) is 2.76. The van der Waals surface area contributed by atoms with Gasteiger partial charge in [-0.25, -0.2) is 0 Å². The molecule has 1 saturated carbocycles. The van der Waals surface area contributed by atoms with Crippen molar-refractivity contribution in [3.05, 3.63) is 0 Å². The lowest BCUT2D eigenvalue weighted by atomic mass is 9.86. The first-order valence-electron chi connectivity index (χ1n) is 8.31. The van der Waals surface area contributed by atoms with Gasteiger partial charge in [-0.15, -0.1) is 0 Å². The van der Waals surface area contributed by atoms with Crippen LogP contribution in [0.3, 0.4) is 0 Å². The van der Waals surface area contributed by atoms with E-state index < -0.39 is 0 Å². The topological polar surface area (TPSA) is 24.5 Å². The van der Waals surface area contributed by atoms with Crippen LogP contribution < -0.4 is 5.32 Å². The second-order valence-electron chi connectivity index (χ2n) is 6.35. The van der Waals surface area contributed by atoms with Crippen LogP contribution in [0.15, 0.2) is 0 Å². The normalized spacial score (nSPS) is 30.6. The van der Waals surface area contributed by atoms with Crippen molar-refractivity contribution in [2.24, 2.45) is 5.92 Å². The van der Waals surface area contributed by atoms with Crippen LogP contribution in [0.1, 0.15) is 51.9 Å². The molecular weight excluding hydrogens is 236 g/mol. The van der Waals surface area contributed by atoms with E-state index in [1.807, 2.05) is 7.11 Å². The highest BCUT2D eigenvalue weighted by Gasteiger charge is 2.31. The second kappa shape index (κ2) is 8.23. The van der Waals surface area contributed by atoms with Crippen LogP contribution in [0.2, 0.25) is 0 Å². The van der Waals surface area contributed by atoms with Crippen molar-refractivity contribution in [2.45, 2.75) is 64.0 Å². The summed E-state index contributed by atoms with van der Waals surface area (Å²) in [6.45, 7) is 6.96. The van der Waals surface area contributed by atoms with Crippen LogP contribution in [0.5, 0.6) is 0 Å². The molecule has 0 aromatic rings. The Balaban J connectivity index is 1.81. The largest absolute Gasteiger partial charge is 0.384 e. The van der Waals surface area contributed by atoms with Gasteiger partial charge in [0.05, 0.1) is 0 Å². The van der Waals surface area contributed by atoms with Crippen LogP contribution in [0, 0.1) is 5.92 Å². The molecule has 0 bridgehead atoms. The van der Waals surface area contributed by atoms with Crippen molar-refractivity contribution >= 4 is 0 Å². The molecule has 19 heavy (non-hydrogen) atoms. The standard InChI is InChI=1S/C16H32N2O/c1-3-10-17-15-6-4-5-7-16(15)18-11-8-14(9-12-18)13-19-2/h14-17H,3-13H2,1-2H3. The van der Waals surface area contributed by atoms with E-state index in [4.69, 9.17) is 4.74 Å². The quantitative estimate of drug-likeness (QED) is 0.801. The molecule has 2 unspecified atom stereocenters.